The molecule has 0 aliphatic carbocycles. The number of nitrogen functional groups attached to an aromatic ring is 1. The van der Waals surface area contributed by atoms with Crippen LogP contribution in [0.4, 0.5) is 5.69 Å². The van der Waals surface area contributed by atoms with Crippen molar-refractivity contribution in [3.63, 3.8) is 0 Å². The number of anilines is 1. The van der Waals surface area contributed by atoms with Crippen LogP contribution in [-0.2, 0) is 0 Å². The molecule has 1 amide bonds. The van der Waals surface area contributed by atoms with Crippen LogP contribution in [0.3, 0.4) is 0 Å². The zero-order chi connectivity index (χ0) is 14.7. The standard InChI is InChI=1S/C16H24N4O/c17-14-4-3-7-18-15(14)16(21)20-10-5-13(6-11-20)12-19-8-1-2-9-19/h3-4,7,13H,1-2,5-6,8-12,17H2. The number of hydrogen-bond acceptors (Lipinski definition) is 4. The zero-order valence-corrected chi connectivity index (χ0v) is 12.5. The highest BCUT2D eigenvalue weighted by molar-refractivity contribution is 5.97. The maximum absolute atomic E-state index is 12.4. The van der Waals surface area contributed by atoms with Crippen LogP contribution in [0.2, 0.25) is 0 Å². The van der Waals surface area contributed by atoms with Gasteiger partial charge in [0.2, 0.25) is 0 Å². The van der Waals surface area contributed by atoms with Crippen molar-refractivity contribution < 1.29 is 4.79 Å². The number of nitrogens with two attached hydrogens (primary N) is 1. The molecule has 2 aliphatic heterocycles. The molecule has 0 radical (unpaired) electrons. The summed E-state index contributed by atoms with van der Waals surface area (Å²) >= 11 is 0. The maximum Gasteiger partial charge on any atom is 0.274 e. The molecule has 1 aromatic rings. The second-order valence-corrected chi connectivity index (χ2v) is 6.18. The number of rotatable bonds is 3. The molecule has 5 nitrogen and oxygen atoms in total. The highest BCUT2D eigenvalue weighted by atomic mass is 16.2. The molecule has 114 valence electrons. The molecular formula is C16H24N4O. The van der Waals surface area contributed by atoms with Crippen LogP contribution in [-0.4, -0.2) is 53.4 Å². The van der Waals surface area contributed by atoms with Crippen LogP contribution >= 0.6 is 0 Å². The fraction of sp³-hybridized carbons (Fsp3) is 0.625. The average molecular weight is 288 g/mol. The van der Waals surface area contributed by atoms with E-state index < -0.39 is 0 Å². The van der Waals surface area contributed by atoms with Crippen molar-refractivity contribution >= 4 is 11.6 Å². The van der Waals surface area contributed by atoms with E-state index in [0.29, 0.717) is 11.4 Å². The number of nitrogens with zero attached hydrogens (tertiary/aromatic N) is 3. The molecule has 3 heterocycles. The van der Waals surface area contributed by atoms with Gasteiger partial charge in [-0.15, -0.1) is 0 Å². The normalized spacial score (nSPS) is 20.9. The third-order valence-electron chi connectivity index (χ3n) is 4.66. The van der Waals surface area contributed by atoms with Gasteiger partial charge in [-0.25, -0.2) is 4.98 Å². The topological polar surface area (TPSA) is 62.5 Å². The number of aromatic nitrogens is 1. The van der Waals surface area contributed by atoms with Gasteiger partial charge in [-0.1, -0.05) is 0 Å². The van der Waals surface area contributed by atoms with Crippen LogP contribution < -0.4 is 5.73 Å². The summed E-state index contributed by atoms with van der Waals surface area (Å²) < 4.78 is 0. The Bertz CT molecular complexity index is 491. The quantitative estimate of drug-likeness (QED) is 0.918. The predicted octanol–water partition coefficient (Wildman–Crippen LogP) is 1.61. The molecule has 3 rings (SSSR count). The second kappa shape index (κ2) is 6.43. The number of carbonyl (C=O) groups is 1. The van der Waals surface area contributed by atoms with Crippen molar-refractivity contribution in [3.05, 3.63) is 24.0 Å². The number of pyridine rings is 1. The summed E-state index contributed by atoms with van der Waals surface area (Å²) in [5.41, 5.74) is 6.72. The lowest BCUT2D eigenvalue weighted by Crippen LogP contribution is -2.41. The molecule has 0 aromatic carbocycles. The van der Waals surface area contributed by atoms with Crippen molar-refractivity contribution in [2.45, 2.75) is 25.7 Å². The molecule has 2 aliphatic rings. The first-order valence-corrected chi connectivity index (χ1v) is 7.96. The molecule has 0 atom stereocenters. The lowest BCUT2D eigenvalue weighted by Gasteiger charge is -2.33. The molecule has 21 heavy (non-hydrogen) atoms. The second-order valence-electron chi connectivity index (χ2n) is 6.18. The predicted molar refractivity (Wildman–Crippen MR) is 83.0 cm³/mol. The van der Waals surface area contributed by atoms with Crippen molar-refractivity contribution in [2.24, 2.45) is 5.92 Å². The molecule has 5 heteroatoms. The Labute approximate surface area is 126 Å². The van der Waals surface area contributed by atoms with Gasteiger partial charge in [0, 0.05) is 25.8 Å². The summed E-state index contributed by atoms with van der Waals surface area (Å²) in [6.07, 6.45) is 6.50. The Kier molecular flexibility index (Phi) is 4.39. The molecule has 0 saturated carbocycles. The number of likely N-dealkylation sites (tertiary alicyclic amines) is 2. The van der Waals surface area contributed by atoms with Gasteiger partial charge in [0.05, 0.1) is 5.69 Å². The van der Waals surface area contributed by atoms with E-state index in [2.05, 4.69) is 9.88 Å². The molecule has 2 saturated heterocycles. The first kappa shape index (κ1) is 14.3. The third-order valence-corrected chi connectivity index (χ3v) is 4.66. The summed E-state index contributed by atoms with van der Waals surface area (Å²) in [6, 6.07) is 3.49. The van der Waals surface area contributed by atoms with Crippen LogP contribution in [0.15, 0.2) is 18.3 Å². The van der Waals surface area contributed by atoms with Gasteiger partial charge in [0.15, 0.2) is 5.69 Å². The van der Waals surface area contributed by atoms with Gasteiger partial charge in [0.1, 0.15) is 0 Å². The van der Waals surface area contributed by atoms with E-state index in [-0.39, 0.29) is 5.91 Å². The van der Waals surface area contributed by atoms with Gasteiger partial charge in [-0.3, -0.25) is 4.79 Å². The first-order valence-electron chi connectivity index (χ1n) is 7.96. The molecule has 0 spiro atoms. The van der Waals surface area contributed by atoms with Crippen LogP contribution in [0.5, 0.6) is 0 Å². The maximum atomic E-state index is 12.4. The lowest BCUT2D eigenvalue weighted by molar-refractivity contribution is 0.0668. The molecular weight excluding hydrogens is 264 g/mol. The molecule has 0 bridgehead atoms. The fourth-order valence-corrected chi connectivity index (χ4v) is 3.40. The van der Waals surface area contributed by atoms with Gasteiger partial charge < -0.3 is 15.5 Å². The van der Waals surface area contributed by atoms with Crippen molar-refractivity contribution in [1.29, 1.82) is 0 Å². The molecule has 2 fully saturated rings. The van der Waals surface area contributed by atoms with E-state index >= 15 is 0 Å². The summed E-state index contributed by atoms with van der Waals surface area (Å²) in [4.78, 5) is 21.0. The number of piperidine rings is 1. The highest BCUT2D eigenvalue weighted by Gasteiger charge is 2.27. The van der Waals surface area contributed by atoms with E-state index in [1.807, 2.05) is 4.90 Å². The number of carbonyl (C=O) groups excluding carboxylic acids is 1. The van der Waals surface area contributed by atoms with E-state index in [4.69, 9.17) is 5.73 Å². The largest absolute Gasteiger partial charge is 0.397 e. The minimum atomic E-state index is -0.0206. The smallest absolute Gasteiger partial charge is 0.274 e. The van der Waals surface area contributed by atoms with Gasteiger partial charge in [0.25, 0.3) is 5.91 Å². The minimum Gasteiger partial charge on any atom is -0.397 e. The van der Waals surface area contributed by atoms with E-state index in [9.17, 15) is 4.79 Å². The van der Waals surface area contributed by atoms with Gasteiger partial charge >= 0.3 is 0 Å². The van der Waals surface area contributed by atoms with Crippen molar-refractivity contribution in [1.82, 2.24) is 14.8 Å². The summed E-state index contributed by atoms with van der Waals surface area (Å²) in [5.74, 6) is 0.709. The van der Waals surface area contributed by atoms with E-state index in [0.717, 1.165) is 31.8 Å². The van der Waals surface area contributed by atoms with E-state index in [1.165, 1.54) is 32.5 Å². The summed E-state index contributed by atoms with van der Waals surface area (Å²) in [5, 5.41) is 0. The summed E-state index contributed by atoms with van der Waals surface area (Å²) in [7, 11) is 0. The molecule has 0 unspecified atom stereocenters. The Morgan fingerprint density at radius 3 is 2.62 bits per heavy atom. The monoisotopic (exact) mass is 288 g/mol. The minimum absolute atomic E-state index is 0.0206. The van der Waals surface area contributed by atoms with Crippen LogP contribution in [0, 0.1) is 5.92 Å². The van der Waals surface area contributed by atoms with Gasteiger partial charge in [-0.05, 0) is 56.8 Å². The third kappa shape index (κ3) is 3.35. The zero-order valence-electron chi connectivity index (χ0n) is 12.5. The van der Waals surface area contributed by atoms with Crippen LogP contribution in [0.1, 0.15) is 36.2 Å². The Morgan fingerprint density at radius 2 is 1.95 bits per heavy atom. The van der Waals surface area contributed by atoms with Gasteiger partial charge in [-0.2, -0.15) is 0 Å². The Balaban J connectivity index is 1.53. The van der Waals surface area contributed by atoms with E-state index in [1.54, 1.807) is 18.3 Å². The Hall–Kier alpha value is -1.62. The Morgan fingerprint density at radius 1 is 1.24 bits per heavy atom. The molecule has 2 N–H and O–H groups in total. The first-order chi connectivity index (χ1) is 10.2. The van der Waals surface area contributed by atoms with Crippen LogP contribution in [0.25, 0.3) is 0 Å². The number of hydrogen-bond donors (Lipinski definition) is 1. The molecule has 1 aromatic heterocycles. The highest BCUT2D eigenvalue weighted by Crippen LogP contribution is 2.22. The average Bonchev–Trinajstić information content (AvgIpc) is 3.01. The number of amides is 1. The summed E-state index contributed by atoms with van der Waals surface area (Å²) in [6.45, 7) is 5.36. The lowest BCUT2D eigenvalue weighted by atomic mass is 9.96. The SMILES string of the molecule is Nc1cccnc1C(=O)N1CCC(CN2CCCC2)CC1. The fourth-order valence-electron chi connectivity index (χ4n) is 3.40. The van der Waals surface area contributed by atoms with Crippen molar-refractivity contribution in [2.75, 3.05) is 38.5 Å². The van der Waals surface area contributed by atoms with Crippen molar-refractivity contribution in [3.8, 4) is 0 Å².